The van der Waals surface area contributed by atoms with Gasteiger partial charge in [0.05, 0.1) is 34.0 Å². The van der Waals surface area contributed by atoms with E-state index in [1.54, 1.807) is 40.1 Å². The first-order valence-electron chi connectivity index (χ1n) is 9.47. The first-order chi connectivity index (χ1) is 14.2. The van der Waals surface area contributed by atoms with E-state index in [9.17, 15) is 4.79 Å². The molecule has 1 aliphatic heterocycles. The molecule has 30 heavy (non-hydrogen) atoms. The van der Waals surface area contributed by atoms with Crippen molar-refractivity contribution >= 4 is 68.4 Å². The molecule has 9 heteroatoms. The monoisotopic (exact) mass is 483 g/mol. The predicted octanol–water partition coefficient (Wildman–Crippen LogP) is 5.07. The minimum Gasteiger partial charge on any atom is -0.379 e. The van der Waals surface area contributed by atoms with Gasteiger partial charge in [-0.2, -0.15) is 0 Å². The fourth-order valence-electron chi connectivity index (χ4n) is 3.32. The van der Waals surface area contributed by atoms with Gasteiger partial charge in [-0.3, -0.25) is 14.6 Å². The Balaban J connectivity index is 0.00000256. The number of carbonyl (C=O) groups excluding carboxylic acids is 1. The zero-order valence-corrected chi connectivity index (χ0v) is 19.8. The molecule has 2 heterocycles. The molecule has 0 bridgehead atoms. The SMILES string of the molecule is CSc1cccc2sc(N(CCN3CCOCC3)C(=O)c3ccccc3Cl)nc12.Cl. The average molecular weight is 484 g/mol. The smallest absolute Gasteiger partial charge is 0.261 e. The van der Waals surface area contributed by atoms with Crippen LogP contribution in [0.4, 0.5) is 5.13 Å². The van der Waals surface area contributed by atoms with E-state index in [0.29, 0.717) is 22.3 Å². The number of thiazole rings is 1. The highest BCUT2D eigenvalue weighted by Gasteiger charge is 2.24. The van der Waals surface area contributed by atoms with E-state index in [2.05, 4.69) is 17.0 Å². The number of benzene rings is 2. The molecule has 160 valence electrons. The van der Waals surface area contributed by atoms with Gasteiger partial charge in [0.2, 0.25) is 0 Å². The molecule has 3 aromatic rings. The second kappa shape index (κ2) is 10.8. The minimum absolute atomic E-state index is 0. The van der Waals surface area contributed by atoms with Crippen LogP contribution in [0.5, 0.6) is 0 Å². The number of carbonyl (C=O) groups is 1. The van der Waals surface area contributed by atoms with Crippen LogP contribution in [0.25, 0.3) is 10.2 Å². The second-order valence-electron chi connectivity index (χ2n) is 6.69. The van der Waals surface area contributed by atoms with Gasteiger partial charge in [-0.25, -0.2) is 4.98 Å². The number of thioether (sulfide) groups is 1. The van der Waals surface area contributed by atoms with Crippen molar-refractivity contribution < 1.29 is 9.53 Å². The maximum absolute atomic E-state index is 13.4. The highest BCUT2D eigenvalue weighted by atomic mass is 35.5. The lowest BCUT2D eigenvalue weighted by Gasteiger charge is -2.29. The number of fused-ring (bicyclic) bond motifs is 1. The van der Waals surface area contributed by atoms with Crippen LogP contribution >= 0.6 is 47.1 Å². The van der Waals surface area contributed by atoms with Crippen molar-refractivity contribution in [2.75, 3.05) is 50.5 Å². The molecular weight excluding hydrogens is 461 g/mol. The van der Waals surface area contributed by atoms with Gasteiger partial charge in [-0.1, -0.05) is 41.1 Å². The Morgan fingerprint density at radius 2 is 2.00 bits per heavy atom. The summed E-state index contributed by atoms with van der Waals surface area (Å²) in [7, 11) is 0. The summed E-state index contributed by atoms with van der Waals surface area (Å²) >= 11 is 9.54. The third kappa shape index (κ3) is 5.10. The fourth-order valence-corrected chi connectivity index (χ4v) is 5.18. The van der Waals surface area contributed by atoms with Crippen molar-refractivity contribution in [3.63, 3.8) is 0 Å². The topological polar surface area (TPSA) is 45.7 Å². The quantitative estimate of drug-likeness (QED) is 0.457. The summed E-state index contributed by atoms with van der Waals surface area (Å²) in [4.78, 5) is 23.5. The Bertz CT molecular complexity index is 1010. The predicted molar refractivity (Wildman–Crippen MR) is 129 cm³/mol. The Hall–Kier alpha value is -1.35. The zero-order valence-electron chi connectivity index (χ0n) is 16.5. The number of rotatable bonds is 6. The van der Waals surface area contributed by atoms with Crippen LogP contribution in [0.2, 0.25) is 5.02 Å². The first-order valence-corrected chi connectivity index (χ1v) is 11.9. The molecule has 1 amide bonds. The number of morpholine rings is 1. The Morgan fingerprint density at radius 1 is 1.23 bits per heavy atom. The van der Waals surface area contributed by atoms with Crippen LogP contribution in [-0.4, -0.2) is 61.4 Å². The van der Waals surface area contributed by atoms with Gasteiger partial charge < -0.3 is 4.74 Å². The maximum Gasteiger partial charge on any atom is 0.261 e. The maximum atomic E-state index is 13.4. The molecule has 1 aliphatic rings. The van der Waals surface area contributed by atoms with E-state index in [4.69, 9.17) is 21.3 Å². The molecule has 0 saturated carbocycles. The molecule has 0 spiro atoms. The number of amides is 1. The molecule has 1 aromatic heterocycles. The highest BCUT2D eigenvalue weighted by molar-refractivity contribution is 7.98. The van der Waals surface area contributed by atoms with Crippen molar-refractivity contribution in [2.45, 2.75) is 4.90 Å². The Morgan fingerprint density at radius 3 is 2.73 bits per heavy atom. The van der Waals surface area contributed by atoms with Crippen LogP contribution in [0.1, 0.15) is 10.4 Å². The number of aromatic nitrogens is 1. The van der Waals surface area contributed by atoms with E-state index in [0.717, 1.165) is 48.0 Å². The third-order valence-corrected chi connectivity index (χ3v) is 7.06. The van der Waals surface area contributed by atoms with Crippen LogP contribution in [-0.2, 0) is 4.74 Å². The van der Waals surface area contributed by atoms with Gasteiger partial charge in [-0.15, -0.1) is 24.2 Å². The number of halogens is 2. The van der Waals surface area contributed by atoms with Gasteiger partial charge in [-0.05, 0) is 30.5 Å². The summed E-state index contributed by atoms with van der Waals surface area (Å²) in [6, 6.07) is 13.3. The van der Waals surface area contributed by atoms with E-state index in [1.807, 2.05) is 24.5 Å². The van der Waals surface area contributed by atoms with E-state index < -0.39 is 0 Å². The number of anilines is 1. The summed E-state index contributed by atoms with van der Waals surface area (Å²) in [6.45, 7) is 4.55. The first kappa shape index (κ1) is 23.3. The fraction of sp³-hybridized carbons (Fsp3) is 0.333. The number of nitrogens with zero attached hydrogens (tertiary/aromatic N) is 3. The van der Waals surface area contributed by atoms with Gasteiger partial charge >= 0.3 is 0 Å². The highest BCUT2D eigenvalue weighted by Crippen LogP contribution is 2.35. The molecule has 0 radical (unpaired) electrons. The lowest BCUT2D eigenvalue weighted by molar-refractivity contribution is 0.0391. The number of hydrogen-bond acceptors (Lipinski definition) is 6. The molecule has 0 unspecified atom stereocenters. The number of ether oxygens (including phenoxy) is 1. The van der Waals surface area contributed by atoms with Gasteiger partial charge in [0.1, 0.15) is 0 Å². The normalized spacial score (nSPS) is 14.5. The summed E-state index contributed by atoms with van der Waals surface area (Å²) in [5, 5.41) is 1.17. The molecule has 2 aromatic carbocycles. The zero-order chi connectivity index (χ0) is 20.2. The van der Waals surface area contributed by atoms with Crippen LogP contribution in [0.3, 0.4) is 0 Å². The number of para-hydroxylation sites is 1. The van der Waals surface area contributed by atoms with Gasteiger partial charge in [0, 0.05) is 31.1 Å². The summed E-state index contributed by atoms with van der Waals surface area (Å²) in [6.07, 6.45) is 2.04. The summed E-state index contributed by atoms with van der Waals surface area (Å²) in [5.74, 6) is -0.117. The van der Waals surface area contributed by atoms with E-state index in [-0.39, 0.29) is 18.3 Å². The number of hydrogen-bond donors (Lipinski definition) is 0. The summed E-state index contributed by atoms with van der Waals surface area (Å²) < 4.78 is 6.52. The van der Waals surface area contributed by atoms with Crippen molar-refractivity contribution in [3.8, 4) is 0 Å². The third-order valence-electron chi connectivity index (χ3n) is 4.91. The van der Waals surface area contributed by atoms with Gasteiger partial charge in [0.25, 0.3) is 5.91 Å². The average Bonchev–Trinajstić information content (AvgIpc) is 3.19. The molecule has 1 fully saturated rings. The molecule has 4 rings (SSSR count). The molecule has 1 saturated heterocycles. The molecule has 0 N–H and O–H groups in total. The molecular formula is C21H23Cl2N3O2S2. The second-order valence-corrected chi connectivity index (χ2v) is 8.96. The Labute approximate surface area is 195 Å². The van der Waals surface area contributed by atoms with Crippen molar-refractivity contribution in [2.24, 2.45) is 0 Å². The van der Waals surface area contributed by atoms with E-state index >= 15 is 0 Å². The molecule has 0 aliphatic carbocycles. The van der Waals surface area contributed by atoms with Crippen LogP contribution in [0, 0.1) is 0 Å². The lowest BCUT2D eigenvalue weighted by Crippen LogP contribution is -2.43. The largest absolute Gasteiger partial charge is 0.379 e. The van der Waals surface area contributed by atoms with Crippen molar-refractivity contribution in [3.05, 3.63) is 53.1 Å². The summed E-state index contributed by atoms with van der Waals surface area (Å²) in [5.41, 5.74) is 1.45. The van der Waals surface area contributed by atoms with Crippen molar-refractivity contribution in [1.29, 1.82) is 0 Å². The Kier molecular flexibility index (Phi) is 8.39. The van der Waals surface area contributed by atoms with Crippen molar-refractivity contribution in [1.82, 2.24) is 9.88 Å². The van der Waals surface area contributed by atoms with Gasteiger partial charge in [0.15, 0.2) is 5.13 Å². The van der Waals surface area contributed by atoms with Crippen LogP contribution in [0.15, 0.2) is 47.4 Å². The molecule has 5 nitrogen and oxygen atoms in total. The lowest BCUT2D eigenvalue weighted by atomic mass is 10.2. The standard InChI is InChI=1S/C21H22ClN3O2S2.ClH/c1-28-17-7-4-8-18-19(17)23-21(29-18)25(10-9-24-11-13-27-14-12-24)20(26)15-5-2-3-6-16(15)22;/h2-8H,9-14H2,1H3;1H. The van der Waals surface area contributed by atoms with E-state index in [1.165, 1.54) is 0 Å². The van der Waals surface area contributed by atoms with Crippen LogP contribution < -0.4 is 4.90 Å². The minimum atomic E-state index is -0.117. The molecule has 0 atom stereocenters.